The topological polar surface area (TPSA) is 33.1 Å². The number of hydrogen-bond acceptors (Lipinski definition) is 3. The molecule has 0 radical (unpaired) electrons. The molecule has 1 fully saturated rings. The molecule has 0 atom stereocenters. The summed E-state index contributed by atoms with van der Waals surface area (Å²) in [5.74, 6) is 0. The third-order valence-corrected chi connectivity index (χ3v) is 3.32. The fraction of sp³-hybridized carbons (Fsp3) is 0.500. The summed E-state index contributed by atoms with van der Waals surface area (Å²) in [4.78, 5) is 4.25. The second-order valence-electron chi connectivity index (χ2n) is 3.47. The molecule has 1 aromatic heterocycles. The van der Waals surface area contributed by atoms with Gasteiger partial charge in [-0.3, -0.25) is 0 Å². The van der Waals surface area contributed by atoms with Gasteiger partial charge < -0.3 is 5.11 Å². The van der Waals surface area contributed by atoms with Gasteiger partial charge in [-0.1, -0.05) is 6.07 Å². The smallest absolute Gasteiger partial charge is 0.0957 e. The molecule has 3 heteroatoms. The average molecular weight is 195 g/mol. The molecule has 1 aromatic rings. The molecule has 0 unspecified atom stereocenters. The van der Waals surface area contributed by atoms with E-state index in [2.05, 4.69) is 4.98 Å². The molecule has 2 nitrogen and oxygen atoms in total. The van der Waals surface area contributed by atoms with E-state index >= 15 is 0 Å². The monoisotopic (exact) mass is 195 g/mol. The van der Waals surface area contributed by atoms with E-state index in [1.165, 1.54) is 0 Å². The Bertz CT molecular complexity index is 292. The highest BCUT2D eigenvalue weighted by atomic mass is 32.2. The Labute approximate surface area is 82.4 Å². The maximum absolute atomic E-state index is 10.00. The Morgan fingerprint density at radius 3 is 2.62 bits per heavy atom. The van der Waals surface area contributed by atoms with Crippen molar-refractivity contribution in [2.45, 2.75) is 29.9 Å². The van der Waals surface area contributed by atoms with E-state index in [0.29, 0.717) is 0 Å². The van der Waals surface area contributed by atoms with Gasteiger partial charge in [-0.15, -0.1) is 11.8 Å². The van der Waals surface area contributed by atoms with Crippen molar-refractivity contribution in [3.8, 4) is 0 Å². The van der Waals surface area contributed by atoms with Crippen molar-refractivity contribution in [2.24, 2.45) is 0 Å². The molecule has 1 heterocycles. The van der Waals surface area contributed by atoms with Crippen LogP contribution in [0.2, 0.25) is 0 Å². The molecule has 0 spiro atoms. The lowest BCUT2D eigenvalue weighted by atomic mass is 9.76. The predicted molar refractivity (Wildman–Crippen MR) is 53.8 cm³/mol. The Kier molecular flexibility index (Phi) is 2.30. The average Bonchev–Trinajstić information content (AvgIpc) is 2.14. The van der Waals surface area contributed by atoms with Crippen molar-refractivity contribution < 1.29 is 5.11 Å². The molecule has 70 valence electrons. The van der Waals surface area contributed by atoms with Crippen LogP contribution in [0.25, 0.3) is 0 Å². The highest BCUT2D eigenvalue weighted by Gasteiger charge is 2.36. The summed E-state index contributed by atoms with van der Waals surface area (Å²) < 4.78 is 0. The number of aliphatic hydroxyl groups is 1. The second kappa shape index (κ2) is 3.31. The normalized spacial score (nSPS) is 19.5. The van der Waals surface area contributed by atoms with E-state index < -0.39 is 5.60 Å². The SMILES string of the molecule is CSc1ccc(C2(O)CCC2)cn1. The fourth-order valence-corrected chi connectivity index (χ4v) is 1.94. The quantitative estimate of drug-likeness (QED) is 0.734. The molecule has 0 aromatic carbocycles. The zero-order chi connectivity index (χ0) is 9.31. The standard InChI is InChI=1S/C10H13NOS/c1-13-9-4-3-8(7-11-9)10(12)5-2-6-10/h3-4,7,12H,2,5-6H2,1H3. The summed E-state index contributed by atoms with van der Waals surface area (Å²) >= 11 is 1.62. The highest BCUT2D eigenvalue weighted by Crippen LogP contribution is 2.40. The lowest BCUT2D eigenvalue weighted by Gasteiger charge is -2.36. The first-order valence-corrected chi connectivity index (χ1v) is 5.70. The molecular weight excluding hydrogens is 182 g/mol. The van der Waals surface area contributed by atoms with Crippen LogP contribution in [0.3, 0.4) is 0 Å². The largest absolute Gasteiger partial charge is 0.385 e. The lowest BCUT2D eigenvalue weighted by molar-refractivity contribution is -0.0391. The zero-order valence-electron chi connectivity index (χ0n) is 7.66. The second-order valence-corrected chi connectivity index (χ2v) is 4.30. The van der Waals surface area contributed by atoms with Crippen molar-refractivity contribution in [2.75, 3.05) is 6.26 Å². The van der Waals surface area contributed by atoms with Crippen molar-refractivity contribution >= 4 is 11.8 Å². The van der Waals surface area contributed by atoms with Gasteiger partial charge in [0, 0.05) is 11.8 Å². The Morgan fingerprint density at radius 1 is 1.46 bits per heavy atom. The van der Waals surface area contributed by atoms with Crippen LogP contribution in [0.5, 0.6) is 0 Å². The summed E-state index contributed by atoms with van der Waals surface area (Å²) in [6.07, 6.45) is 6.69. The predicted octanol–water partition coefficient (Wildman–Crippen LogP) is 2.17. The van der Waals surface area contributed by atoms with Crippen LogP contribution in [0, 0.1) is 0 Å². The summed E-state index contributed by atoms with van der Waals surface area (Å²) in [6, 6.07) is 3.95. The van der Waals surface area contributed by atoms with Gasteiger partial charge in [0.15, 0.2) is 0 Å². The van der Waals surface area contributed by atoms with E-state index in [9.17, 15) is 5.11 Å². The molecule has 0 saturated heterocycles. The Balaban J connectivity index is 2.22. The minimum absolute atomic E-state index is 0.566. The third kappa shape index (κ3) is 1.58. The van der Waals surface area contributed by atoms with Crippen LogP contribution in [-0.2, 0) is 5.60 Å². The Morgan fingerprint density at radius 2 is 2.23 bits per heavy atom. The van der Waals surface area contributed by atoms with Crippen molar-refractivity contribution in [1.29, 1.82) is 0 Å². The number of hydrogen-bond donors (Lipinski definition) is 1. The first-order valence-electron chi connectivity index (χ1n) is 4.47. The van der Waals surface area contributed by atoms with Crippen molar-refractivity contribution in [3.63, 3.8) is 0 Å². The molecule has 2 rings (SSSR count). The summed E-state index contributed by atoms with van der Waals surface area (Å²) in [6.45, 7) is 0. The van der Waals surface area contributed by atoms with Gasteiger partial charge in [0.1, 0.15) is 0 Å². The fourth-order valence-electron chi connectivity index (χ4n) is 1.58. The minimum atomic E-state index is -0.566. The molecule has 1 N–H and O–H groups in total. The molecule has 13 heavy (non-hydrogen) atoms. The van der Waals surface area contributed by atoms with Crippen LogP contribution < -0.4 is 0 Å². The van der Waals surface area contributed by atoms with E-state index in [4.69, 9.17) is 0 Å². The number of thioether (sulfide) groups is 1. The number of nitrogens with zero attached hydrogens (tertiary/aromatic N) is 1. The van der Waals surface area contributed by atoms with E-state index in [1.54, 1.807) is 18.0 Å². The third-order valence-electron chi connectivity index (χ3n) is 2.66. The summed E-state index contributed by atoms with van der Waals surface area (Å²) in [5.41, 5.74) is 0.403. The number of rotatable bonds is 2. The van der Waals surface area contributed by atoms with Gasteiger partial charge in [-0.2, -0.15) is 0 Å². The zero-order valence-corrected chi connectivity index (χ0v) is 8.47. The molecule has 0 amide bonds. The Hall–Kier alpha value is -0.540. The number of aromatic nitrogens is 1. The van der Waals surface area contributed by atoms with Crippen LogP contribution in [0.4, 0.5) is 0 Å². The molecule has 1 saturated carbocycles. The van der Waals surface area contributed by atoms with Crippen LogP contribution >= 0.6 is 11.8 Å². The van der Waals surface area contributed by atoms with Crippen LogP contribution in [-0.4, -0.2) is 16.3 Å². The van der Waals surface area contributed by atoms with Crippen molar-refractivity contribution in [1.82, 2.24) is 4.98 Å². The van der Waals surface area contributed by atoms with E-state index in [-0.39, 0.29) is 0 Å². The van der Waals surface area contributed by atoms with Gasteiger partial charge in [0.2, 0.25) is 0 Å². The van der Waals surface area contributed by atoms with E-state index in [1.807, 2.05) is 18.4 Å². The highest BCUT2D eigenvalue weighted by molar-refractivity contribution is 7.98. The van der Waals surface area contributed by atoms with Gasteiger partial charge >= 0.3 is 0 Å². The molecule has 1 aliphatic carbocycles. The van der Waals surface area contributed by atoms with Gasteiger partial charge in [0.05, 0.1) is 10.6 Å². The minimum Gasteiger partial charge on any atom is -0.385 e. The summed E-state index contributed by atoms with van der Waals surface area (Å²) in [5, 5.41) is 11.0. The van der Waals surface area contributed by atoms with Crippen LogP contribution in [0.1, 0.15) is 24.8 Å². The maximum atomic E-state index is 10.00. The maximum Gasteiger partial charge on any atom is 0.0957 e. The van der Waals surface area contributed by atoms with E-state index in [0.717, 1.165) is 29.9 Å². The first kappa shape index (κ1) is 9.03. The molecule has 0 aliphatic heterocycles. The molecule has 1 aliphatic rings. The molecular formula is C10H13NOS. The number of pyridine rings is 1. The molecule has 0 bridgehead atoms. The van der Waals surface area contributed by atoms with Crippen molar-refractivity contribution in [3.05, 3.63) is 23.9 Å². The van der Waals surface area contributed by atoms with Gasteiger partial charge in [-0.25, -0.2) is 4.98 Å². The first-order chi connectivity index (χ1) is 6.24. The van der Waals surface area contributed by atoms with Gasteiger partial charge in [-0.05, 0) is 31.6 Å². The summed E-state index contributed by atoms with van der Waals surface area (Å²) in [7, 11) is 0. The lowest BCUT2D eigenvalue weighted by Crippen LogP contribution is -2.33. The van der Waals surface area contributed by atoms with Gasteiger partial charge in [0.25, 0.3) is 0 Å². The van der Waals surface area contributed by atoms with Crippen LogP contribution in [0.15, 0.2) is 23.4 Å².